The molecule has 0 bridgehead atoms. The van der Waals surface area contributed by atoms with Crippen molar-refractivity contribution in [1.82, 2.24) is 0 Å². The van der Waals surface area contributed by atoms with Gasteiger partial charge in [0.25, 0.3) is 0 Å². The highest BCUT2D eigenvalue weighted by Crippen LogP contribution is 2.16. The molecule has 7 heteroatoms. The molecular formula is C31H58NO6+. The molecule has 0 saturated carbocycles. The van der Waals surface area contributed by atoms with Crippen molar-refractivity contribution >= 4 is 17.9 Å². The summed E-state index contributed by atoms with van der Waals surface area (Å²) < 4.78 is 0.244. The highest BCUT2D eigenvalue weighted by atomic mass is 16.4. The second-order valence-corrected chi connectivity index (χ2v) is 11.0. The Bertz CT molecular complexity index is 588. The van der Waals surface area contributed by atoms with Crippen LogP contribution in [0.4, 0.5) is 0 Å². The van der Waals surface area contributed by atoms with Gasteiger partial charge in [0.1, 0.15) is 0 Å². The maximum atomic E-state index is 11.1. The van der Waals surface area contributed by atoms with Crippen LogP contribution < -0.4 is 0 Å². The Morgan fingerprint density at radius 3 is 1.13 bits per heavy atom. The minimum atomic E-state index is -0.940. The molecule has 222 valence electrons. The molecule has 0 atom stereocenters. The van der Waals surface area contributed by atoms with Crippen LogP contribution in [0.15, 0.2) is 12.2 Å². The van der Waals surface area contributed by atoms with Gasteiger partial charge in [-0.3, -0.25) is 14.4 Å². The molecule has 0 spiro atoms. The standard InChI is InChI=1S/C31H57NO6/c1-2-3-4-5-6-7-8-9-10-11-12-13-14-15-16-17-18-19-20-21-25-32(26-22-29(33)34,27-23-30(35)36)28-24-31(37)38/h17-18H,2-16,19-28H2,1H3,(H2-,33,34,35,36,37,38)/p+1/b18-17+. The number of aliphatic carboxylic acids is 3. The Morgan fingerprint density at radius 1 is 0.474 bits per heavy atom. The van der Waals surface area contributed by atoms with Gasteiger partial charge in [0.15, 0.2) is 0 Å². The first-order valence-electron chi connectivity index (χ1n) is 15.5. The van der Waals surface area contributed by atoms with Crippen LogP contribution in [0.2, 0.25) is 0 Å². The van der Waals surface area contributed by atoms with Crippen molar-refractivity contribution in [2.75, 3.05) is 26.2 Å². The molecule has 38 heavy (non-hydrogen) atoms. The summed E-state index contributed by atoms with van der Waals surface area (Å²) in [5.74, 6) is -2.82. The van der Waals surface area contributed by atoms with E-state index in [1.807, 2.05) is 0 Å². The maximum absolute atomic E-state index is 11.1. The largest absolute Gasteiger partial charge is 0.481 e. The molecule has 0 aliphatic carbocycles. The first-order valence-corrected chi connectivity index (χ1v) is 15.5. The Hall–Kier alpha value is -1.89. The lowest BCUT2D eigenvalue weighted by molar-refractivity contribution is -0.927. The van der Waals surface area contributed by atoms with E-state index in [0.29, 0.717) is 6.54 Å². The van der Waals surface area contributed by atoms with Gasteiger partial charge in [-0.25, -0.2) is 0 Å². The van der Waals surface area contributed by atoms with E-state index in [-0.39, 0.29) is 43.4 Å². The molecule has 0 heterocycles. The molecule has 0 aromatic heterocycles. The number of rotatable bonds is 29. The predicted octanol–water partition coefficient (Wildman–Crippen LogP) is 7.83. The van der Waals surface area contributed by atoms with Crippen LogP contribution in [0.25, 0.3) is 0 Å². The van der Waals surface area contributed by atoms with E-state index in [4.69, 9.17) is 15.3 Å². The highest BCUT2D eigenvalue weighted by Gasteiger charge is 2.29. The zero-order valence-corrected chi connectivity index (χ0v) is 24.3. The van der Waals surface area contributed by atoms with E-state index < -0.39 is 17.9 Å². The fourth-order valence-electron chi connectivity index (χ4n) is 5.07. The first-order chi connectivity index (χ1) is 18.3. The number of carboxylic acid groups (broad SMARTS) is 3. The summed E-state index contributed by atoms with van der Waals surface area (Å²) in [6.07, 6.45) is 27.1. The number of unbranched alkanes of at least 4 members (excludes halogenated alkanes) is 16. The van der Waals surface area contributed by atoms with Crippen LogP contribution in [-0.2, 0) is 14.4 Å². The van der Waals surface area contributed by atoms with Crippen molar-refractivity contribution in [2.45, 2.75) is 142 Å². The first kappa shape index (κ1) is 36.1. The topological polar surface area (TPSA) is 112 Å². The van der Waals surface area contributed by atoms with E-state index in [2.05, 4.69) is 19.1 Å². The summed E-state index contributed by atoms with van der Waals surface area (Å²) in [5.41, 5.74) is 0. The SMILES string of the molecule is CCCCCCCCCCCCCCCC/C=C/CCCC[N+](CCC(=O)O)(CCC(=O)O)CCC(=O)O. The Morgan fingerprint density at radius 2 is 0.789 bits per heavy atom. The lowest BCUT2D eigenvalue weighted by atomic mass is 10.0. The molecule has 0 aliphatic heterocycles. The van der Waals surface area contributed by atoms with E-state index in [9.17, 15) is 14.4 Å². The van der Waals surface area contributed by atoms with Crippen molar-refractivity contribution in [3.63, 3.8) is 0 Å². The molecule has 0 rings (SSSR count). The van der Waals surface area contributed by atoms with Gasteiger partial charge in [-0.15, -0.1) is 0 Å². The number of hydrogen-bond acceptors (Lipinski definition) is 3. The van der Waals surface area contributed by atoms with E-state index >= 15 is 0 Å². The summed E-state index contributed by atoms with van der Waals surface area (Å²) in [4.78, 5) is 33.4. The Balaban J connectivity index is 3.95. The van der Waals surface area contributed by atoms with Crippen LogP contribution in [-0.4, -0.2) is 63.9 Å². The summed E-state index contributed by atoms with van der Waals surface area (Å²) >= 11 is 0. The molecule has 3 N–H and O–H groups in total. The molecular weight excluding hydrogens is 482 g/mol. The van der Waals surface area contributed by atoms with Crippen molar-refractivity contribution in [1.29, 1.82) is 0 Å². The third-order valence-corrected chi connectivity index (χ3v) is 7.54. The van der Waals surface area contributed by atoms with Gasteiger partial charge >= 0.3 is 17.9 Å². The lowest BCUT2D eigenvalue weighted by Crippen LogP contribution is -2.52. The number of hydrogen-bond donors (Lipinski definition) is 3. The van der Waals surface area contributed by atoms with Crippen molar-refractivity contribution in [3.8, 4) is 0 Å². The van der Waals surface area contributed by atoms with Crippen molar-refractivity contribution in [2.24, 2.45) is 0 Å². The molecule has 0 saturated heterocycles. The fourth-order valence-corrected chi connectivity index (χ4v) is 5.07. The van der Waals surface area contributed by atoms with Gasteiger partial charge in [0, 0.05) is 0 Å². The van der Waals surface area contributed by atoms with Gasteiger partial charge in [0.2, 0.25) is 0 Å². The molecule has 0 fully saturated rings. The monoisotopic (exact) mass is 540 g/mol. The third-order valence-electron chi connectivity index (χ3n) is 7.54. The van der Waals surface area contributed by atoms with Crippen molar-refractivity contribution in [3.05, 3.63) is 12.2 Å². The number of carboxylic acids is 3. The fraction of sp³-hybridized carbons (Fsp3) is 0.839. The van der Waals surface area contributed by atoms with Gasteiger partial charge in [-0.2, -0.15) is 0 Å². The highest BCUT2D eigenvalue weighted by molar-refractivity contribution is 5.67. The lowest BCUT2D eigenvalue weighted by Gasteiger charge is -2.38. The molecule has 0 amide bonds. The molecule has 0 aromatic rings. The van der Waals surface area contributed by atoms with E-state index in [1.165, 1.54) is 89.9 Å². The van der Waals surface area contributed by atoms with Crippen LogP contribution in [0.3, 0.4) is 0 Å². The second-order valence-electron chi connectivity index (χ2n) is 11.0. The zero-order valence-electron chi connectivity index (χ0n) is 24.3. The Kier molecular flexibility index (Phi) is 24.1. The summed E-state index contributed by atoms with van der Waals surface area (Å²) in [6.45, 7) is 3.69. The number of carbonyl (C=O) groups is 3. The molecule has 0 unspecified atom stereocenters. The molecule has 7 nitrogen and oxygen atoms in total. The zero-order chi connectivity index (χ0) is 28.3. The summed E-state index contributed by atoms with van der Waals surface area (Å²) in [6, 6.07) is 0. The quantitative estimate of drug-likeness (QED) is 0.0506. The number of quaternary nitrogens is 1. The number of nitrogens with zero attached hydrogens (tertiary/aromatic N) is 1. The maximum Gasteiger partial charge on any atom is 0.309 e. The minimum Gasteiger partial charge on any atom is -0.481 e. The molecule has 0 aromatic carbocycles. The van der Waals surface area contributed by atoms with Gasteiger partial charge < -0.3 is 19.8 Å². The summed E-state index contributed by atoms with van der Waals surface area (Å²) in [7, 11) is 0. The average molecular weight is 541 g/mol. The normalized spacial score (nSPS) is 11.8. The number of allylic oxidation sites excluding steroid dienone is 2. The van der Waals surface area contributed by atoms with Gasteiger partial charge in [-0.05, 0) is 32.1 Å². The molecule has 0 radical (unpaired) electrons. The smallest absolute Gasteiger partial charge is 0.309 e. The Labute approximate surface area is 232 Å². The average Bonchev–Trinajstić information content (AvgIpc) is 2.88. The minimum absolute atomic E-state index is 0.0850. The van der Waals surface area contributed by atoms with Crippen LogP contribution in [0.5, 0.6) is 0 Å². The third kappa shape index (κ3) is 24.4. The van der Waals surface area contributed by atoms with Crippen molar-refractivity contribution < 1.29 is 34.2 Å². The predicted molar refractivity (Wildman–Crippen MR) is 154 cm³/mol. The van der Waals surface area contributed by atoms with Gasteiger partial charge in [0.05, 0.1) is 45.4 Å². The van der Waals surface area contributed by atoms with Crippen LogP contribution >= 0.6 is 0 Å². The van der Waals surface area contributed by atoms with E-state index in [0.717, 1.165) is 25.7 Å². The summed E-state index contributed by atoms with van der Waals surface area (Å²) in [5, 5.41) is 27.4. The van der Waals surface area contributed by atoms with Crippen LogP contribution in [0, 0.1) is 0 Å². The van der Waals surface area contributed by atoms with Gasteiger partial charge in [-0.1, -0.05) is 103 Å². The second kappa shape index (κ2) is 25.4. The molecule has 0 aliphatic rings. The van der Waals surface area contributed by atoms with E-state index in [1.54, 1.807) is 0 Å². The van der Waals surface area contributed by atoms with Crippen LogP contribution in [0.1, 0.15) is 142 Å².